The summed E-state index contributed by atoms with van der Waals surface area (Å²) >= 11 is 33.8. The highest BCUT2D eigenvalue weighted by atomic mass is 35.5. The first-order chi connectivity index (χ1) is 53.2. The van der Waals surface area contributed by atoms with Gasteiger partial charge in [0.15, 0.2) is 34.7 Å². The zero-order valence-corrected chi connectivity index (χ0v) is 64.1. The van der Waals surface area contributed by atoms with Crippen LogP contribution in [-0.2, 0) is 28.8 Å². The highest BCUT2D eigenvalue weighted by Gasteiger charge is 2.24. The van der Waals surface area contributed by atoms with Crippen LogP contribution in [0, 0.1) is 35.4 Å². The van der Waals surface area contributed by atoms with Crippen LogP contribution >= 0.6 is 151 Å². The van der Waals surface area contributed by atoms with E-state index in [-0.39, 0.29) is 142 Å². The molecule has 0 spiro atoms. The van der Waals surface area contributed by atoms with E-state index in [9.17, 15) is 57.5 Å². The van der Waals surface area contributed by atoms with Gasteiger partial charge in [-0.05, 0) is 109 Å². The molecule has 6 rings (SSSR count). The van der Waals surface area contributed by atoms with Gasteiger partial charge in [-0.15, -0.1) is 0 Å². The van der Waals surface area contributed by atoms with Gasteiger partial charge in [0.05, 0.1) is 51.8 Å². The fourth-order valence-electron chi connectivity index (χ4n) is 6.12. The summed E-state index contributed by atoms with van der Waals surface area (Å²) < 4.78 is 167. The quantitative estimate of drug-likeness (QED) is 0.0198. The molecule has 0 aromatic heterocycles. The molecule has 564 valence electrons. The maximum Gasteiger partial charge on any atom is 0.306 e. The third-order valence-corrected chi connectivity index (χ3v) is 12.5. The van der Waals surface area contributed by atoms with Gasteiger partial charge in [0.25, 0.3) is 0 Å². The molecule has 24 nitrogen and oxygen atoms in total. The van der Waals surface area contributed by atoms with Crippen molar-refractivity contribution < 1.29 is 118 Å². The SMILES string of the molecule is S.S.S.S.S.S.[2H]C([2H])(C(=O)c1ccc(Cl)cc1N)[C@]([2H])(C)C(=O)O.[2H][C@](C)(CC(=O)c1ccc(Cl)cc1N)C(=O)O.[2H]c1c([2H])c(C(=O)C([2H])([2H])[C@]([2H])(C)C(=O)O)c(N)c([2H])c1Cl.[2H]c1c([2H])c(C(=O)C([2H])[C@]([2H])(C)C(=O)O)c(N)c([2H])c1Cl.[2H]c1c([2H])c(C(=O)C[C@H](C)C(=O)O)c(N)c([2H])c1Cl.[2H]c1c([2H])c(C(=O)C[C@]([2H])(C)C(=O)O)c(N)c([2H])c1Cl. The van der Waals surface area contributed by atoms with Crippen molar-refractivity contribution >= 4 is 255 Å². The molecule has 102 heavy (non-hydrogen) atoms. The van der Waals surface area contributed by atoms with Gasteiger partial charge >= 0.3 is 35.8 Å². The number of nitrogen functional groups attached to an aromatic ring is 6. The van der Waals surface area contributed by atoms with Gasteiger partial charge in [-0.25, -0.2) is 0 Å². The van der Waals surface area contributed by atoms with E-state index < -0.39 is 249 Å². The van der Waals surface area contributed by atoms with E-state index in [0.29, 0.717) is 11.9 Å². The number of hydrogen-bond acceptors (Lipinski definition) is 18. The number of carbonyl (C=O) groups excluding carboxylic acids is 6. The van der Waals surface area contributed by atoms with Crippen LogP contribution in [0.25, 0.3) is 0 Å². The number of rotatable bonds is 24. The summed E-state index contributed by atoms with van der Waals surface area (Å²) in [5.41, 5.74) is 29.4. The van der Waals surface area contributed by atoms with Gasteiger partial charge in [0.1, 0.15) is 0 Å². The van der Waals surface area contributed by atoms with Gasteiger partial charge in [0.2, 0.25) is 0 Å². The number of ketones is 6. The van der Waals surface area contributed by atoms with Crippen molar-refractivity contribution in [1.82, 2.24) is 0 Å². The number of aliphatic carboxylic acids is 6. The molecule has 0 aliphatic carbocycles. The van der Waals surface area contributed by atoms with Crippen molar-refractivity contribution in [2.75, 3.05) is 34.4 Å². The van der Waals surface area contributed by atoms with E-state index in [4.69, 9.17) is 165 Å². The van der Waals surface area contributed by atoms with Gasteiger partial charge in [-0.1, -0.05) is 111 Å². The molecular weight excluding hydrogens is 1570 g/mol. The van der Waals surface area contributed by atoms with Crippen LogP contribution in [0.1, 0.15) is 172 Å². The lowest BCUT2D eigenvalue weighted by Crippen LogP contribution is -2.15. The van der Waals surface area contributed by atoms with E-state index >= 15 is 0 Å². The zero-order valence-electron chi connectivity index (χ0n) is 75.6. The van der Waals surface area contributed by atoms with Crippen LogP contribution in [0.5, 0.6) is 0 Å². The lowest BCUT2D eigenvalue weighted by molar-refractivity contribution is -0.141. The summed E-state index contributed by atoms with van der Waals surface area (Å²) in [6, 6.07) is 1.19. The first-order valence-electron chi connectivity index (χ1n) is 37.1. The molecule has 18 N–H and O–H groups in total. The Hall–Kier alpha value is -7.20. The summed E-state index contributed by atoms with van der Waals surface area (Å²) in [7, 11) is 0. The zero-order chi connectivity index (χ0) is 93.3. The maximum atomic E-state index is 12.3. The highest BCUT2D eigenvalue weighted by Crippen LogP contribution is 2.27. The first kappa shape index (κ1) is 67.9. The van der Waals surface area contributed by atoms with Gasteiger partial charge < -0.3 is 65.0 Å². The van der Waals surface area contributed by atoms with Gasteiger partial charge in [-0.3, -0.25) is 57.5 Å². The van der Waals surface area contributed by atoms with E-state index in [0.717, 1.165) is 20.8 Å². The van der Waals surface area contributed by atoms with Crippen LogP contribution < -0.4 is 34.4 Å². The van der Waals surface area contributed by atoms with Crippen LogP contribution in [-0.4, -0.2) is 101 Å². The number of carboxylic acids is 6. The minimum atomic E-state index is -3.24. The van der Waals surface area contributed by atoms with Gasteiger partial charge in [-0.2, -0.15) is 81.0 Å². The number of benzene rings is 6. The standard InChI is InChI=1S/6C11H12ClNO3.6H2S/c6*1-6(11(15)16)4-10(14)8-3-2-7(12)5-9(8)13;;;;;;/h6*2-3,5-6H,4,13H2,1H3,(H,15,16);6*1H2/t6*6-;;;;;;/m000000....../s1/i2D,3D,4D2,5D,6D;2D,3D,4D,5D,6D;2D,3D,5D,6D;2D,3D,5D;4D2,6D;6D;;;;;;/tm;4?,6-;4m;;;;;;. The number of nitrogens with two attached hydrogens (primary N) is 6. The minimum Gasteiger partial charge on any atom is -0.481 e. The summed E-state index contributed by atoms with van der Waals surface area (Å²) in [5.74, 6) is -28.1. The molecule has 6 aromatic carbocycles. The monoisotopic (exact) mass is 1670 g/mol. The van der Waals surface area contributed by atoms with Crippen molar-refractivity contribution in [2.45, 2.75) is 79.9 Å². The Morgan fingerprint density at radius 3 is 0.853 bits per heavy atom. The van der Waals surface area contributed by atoms with E-state index in [2.05, 4.69) is 0 Å². The normalized spacial score (nSPS) is 16.6. The average molecular weight is 1680 g/mol. The lowest BCUT2D eigenvalue weighted by atomic mass is 9.99. The fourth-order valence-corrected chi connectivity index (χ4v) is 7.08. The fraction of sp³-hybridized carbons (Fsp3) is 0.273. The molecule has 0 radical (unpaired) electrons. The second-order valence-corrected chi connectivity index (χ2v) is 21.3. The van der Waals surface area contributed by atoms with Crippen molar-refractivity contribution in [3.05, 3.63) is 172 Å². The second-order valence-electron chi connectivity index (χ2n) is 18.9. The third-order valence-electron chi connectivity index (χ3n) is 11.3. The van der Waals surface area contributed by atoms with E-state index in [1.54, 1.807) is 0 Å². The molecular formula is C66H84Cl6N6O18S6. The first-order valence-corrected chi connectivity index (χ1v) is 28.3. The molecule has 7 atom stereocenters. The lowest BCUT2D eigenvalue weighted by Gasteiger charge is -2.07. The highest BCUT2D eigenvalue weighted by molar-refractivity contribution is 7.60. The molecule has 1 unspecified atom stereocenters. The Morgan fingerprint density at radius 2 is 0.578 bits per heavy atom. The number of halogens is 6. The Kier molecular flexibility index (Phi) is 34.5. The predicted molar refractivity (Wildman–Crippen MR) is 432 cm³/mol. The second kappa shape index (κ2) is 51.9. The molecule has 0 aliphatic rings. The molecule has 0 saturated carbocycles. The summed E-state index contributed by atoms with van der Waals surface area (Å²) in [6.07, 6.45) is -9.75. The van der Waals surface area contributed by atoms with Crippen LogP contribution in [0.2, 0.25) is 30.1 Å². The Labute approximate surface area is 691 Å². The Bertz CT molecular complexity index is 5010. The predicted octanol–water partition coefficient (Wildman–Crippen LogP) is 14.0. The maximum absolute atomic E-state index is 12.3. The smallest absolute Gasteiger partial charge is 0.306 e. The number of carbonyl (C=O) groups is 12. The summed E-state index contributed by atoms with van der Waals surface area (Å²) in [4.78, 5) is 137. The molecule has 36 heteroatoms. The topological polar surface area (TPSA) is 482 Å². The number of carboxylic acid groups (broad SMARTS) is 6. The van der Waals surface area contributed by atoms with Crippen molar-refractivity contribution in [2.24, 2.45) is 35.4 Å². The molecule has 0 aliphatic heterocycles. The summed E-state index contributed by atoms with van der Waals surface area (Å²) in [5, 5.41) is 52.1. The van der Waals surface area contributed by atoms with Crippen LogP contribution in [0.4, 0.5) is 34.1 Å². The molecule has 0 heterocycles. The van der Waals surface area contributed by atoms with E-state index in [1.165, 1.54) is 50.2 Å². The van der Waals surface area contributed by atoms with Crippen molar-refractivity contribution in [3.8, 4) is 0 Å². The van der Waals surface area contributed by atoms with E-state index in [1.807, 2.05) is 0 Å². The van der Waals surface area contributed by atoms with Crippen molar-refractivity contribution in [3.63, 3.8) is 0 Å². The Balaban J connectivity index is -0.000000334. The summed E-state index contributed by atoms with van der Waals surface area (Å²) in [6.45, 7) is 5.92. The average Bonchev–Trinajstić information content (AvgIpc) is 0.749. The van der Waals surface area contributed by atoms with Gasteiger partial charge in [0, 0.05) is 150 Å². The molecule has 0 bridgehead atoms. The molecule has 0 saturated heterocycles. The Morgan fingerprint density at radius 1 is 0.333 bits per heavy atom. The third kappa shape index (κ3) is 38.4. The van der Waals surface area contributed by atoms with Crippen molar-refractivity contribution in [1.29, 1.82) is 0 Å². The number of anilines is 6. The molecule has 0 amide bonds. The largest absolute Gasteiger partial charge is 0.481 e. The molecule has 6 aromatic rings. The number of hydrogen-bond donors (Lipinski definition) is 12. The van der Waals surface area contributed by atoms with Crippen LogP contribution in [0.15, 0.2) is 109 Å². The minimum absolute atomic E-state index is 0. The molecule has 0 fully saturated rings. The number of Topliss-reactive ketones (excluding diaryl/α,β-unsaturated/α-hetero) is 6. The van der Waals surface area contributed by atoms with Crippen LogP contribution in [0.3, 0.4) is 0 Å².